The number of pyridine rings is 1. The van der Waals surface area contributed by atoms with Gasteiger partial charge < -0.3 is 5.32 Å². The first kappa shape index (κ1) is 15.2. The Balaban J connectivity index is 2.21. The Bertz CT molecular complexity index is 551. The van der Waals surface area contributed by atoms with Crippen LogP contribution in [0.3, 0.4) is 0 Å². The molecule has 1 aliphatic heterocycles. The van der Waals surface area contributed by atoms with Crippen molar-refractivity contribution in [2.24, 2.45) is 0 Å². The van der Waals surface area contributed by atoms with Gasteiger partial charge in [-0.15, -0.1) is 4.83 Å². The highest BCUT2D eigenvalue weighted by Gasteiger charge is 2.29. The highest BCUT2D eigenvalue weighted by Crippen LogP contribution is 2.22. The van der Waals surface area contributed by atoms with Crippen LogP contribution >= 0.6 is 0 Å². The van der Waals surface area contributed by atoms with Gasteiger partial charge in [-0.3, -0.25) is 0 Å². The maximum atomic E-state index is 12.5. The van der Waals surface area contributed by atoms with E-state index in [0.717, 1.165) is 19.3 Å². The maximum Gasteiger partial charge on any atom is 0.253 e. The van der Waals surface area contributed by atoms with E-state index in [1.54, 1.807) is 7.05 Å². The van der Waals surface area contributed by atoms with Gasteiger partial charge in [0.25, 0.3) is 10.0 Å². The van der Waals surface area contributed by atoms with Crippen molar-refractivity contribution in [3.8, 4) is 0 Å². The molecule has 2 atom stereocenters. The molecule has 2 unspecified atom stereocenters. The molecule has 6 nitrogen and oxygen atoms in total. The third-order valence-electron chi connectivity index (χ3n) is 3.72. The molecular weight excluding hydrogens is 276 g/mol. The summed E-state index contributed by atoms with van der Waals surface area (Å²) in [6.45, 7) is 4.09. The summed E-state index contributed by atoms with van der Waals surface area (Å²) in [5, 5.41) is 4.69. The van der Waals surface area contributed by atoms with Gasteiger partial charge in [0.05, 0.1) is 4.90 Å². The predicted molar refractivity (Wildman–Crippen MR) is 78.7 cm³/mol. The Labute approximate surface area is 120 Å². The lowest BCUT2D eigenvalue weighted by Crippen LogP contribution is -2.53. The highest BCUT2D eigenvalue weighted by atomic mass is 32.2. The number of aromatic nitrogens is 1. The van der Waals surface area contributed by atoms with Crippen LogP contribution in [0.1, 0.15) is 33.1 Å². The van der Waals surface area contributed by atoms with Gasteiger partial charge in [-0.25, -0.2) is 18.4 Å². The van der Waals surface area contributed by atoms with Crippen LogP contribution in [0, 0.1) is 0 Å². The Kier molecular flexibility index (Phi) is 4.62. The number of nitrogens with zero attached hydrogens (tertiary/aromatic N) is 2. The molecular formula is C13H22N4O2S. The lowest BCUT2D eigenvalue weighted by Gasteiger charge is -2.38. The topological polar surface area (TPSA) is 74.3 Å². The van der Waals surface area contributed by atoms with Crippen molar-refractivity contribution in [1.29, 1.82) is 0 Å². The van der Waals surface area contributed by atoms with Crippen LogP contribution in [-0.2, 0) is 10.0 Å². The number of hydrogen-bond donors (Lipinski definition) is 2. The molecule has 7 heteroatoms. The molecule has 20 heavy (non-hydrogen) atoms. The zero-order valence-corrected chi connectivity index (χ0v) is 12.9. The fourth-order valence-corrected chi connectivity index (χ4v) is 3.76. The first-order chi connectivity index (χ1) is 9.44. The number of sulfonamides is 1. The third-order valence-corrected chi connectivity index (χ3v) is 5.04. The Morgan fingerprint density at radius 3 is 2.55 bits per heavy atom. The van der Waals surface area contributed by atoms with Crippen molar-refractivity contribution in [3.63, 3.8) is 0 Å². The molecule has 0 spiro atoms. The molecule has 0 saturated carbocycles. The average Bonchev–Trinajstić information content (AvgIpc) is 2.43. The van der Waals surface area contributed by atoms with Gasteiger partial charge in [0.15, 0.2) is 0 Å². The third kappa shape index (κ3) is 3.28. The molecule has 0 radical (unpaired) electrons. The van der Waals surface area contributed by atoms with Gasteiger partial charge in [-0.1, -0.05) is 6.42 Å². The smallest absolute Gasteiger partial charge is 0.253 e. The second-order valence-corrected chi connectivity index (χ2v) is 6.92. The summed E-state index contributed by atoms with van der Waals surface area (Å²) in [6, 6.07) is 3.45. The van der Waals surface area contributed by atoms with Gasteiger partial charge in [0.2, 0.25) is 0 Å². The Morgan fingerprint density at radius 2 is 1.95 bits per heavy atom. The molecule has 1 aromatic rings. The van der Waals surface area contributed by atoms with E-state index >= 15 is 0 Å². The summed E-state index contributed by atoms with van der Waals surface area (Å²) < 4.78 is 24.9. The van der Waals surface area contributed by atoms with Crippen molar-refractivity contribution >= 4 is 15.8 Å². The van der Waals surface area contributed by atoms with E-state index in [-0.39, 0.29) is 17.0 Å². The largest absolute Gasteiger partial charge is 0.373 e. The van der Waals surface area contributed by atoms with E-state index in [2.05, 4.69) is 15.1 Å². The number of piperidine rings is 1. The van der Waals surface area contributed by atoms with Crippen LogP contribution in [-0.4, -0.2) is 37.5 Å². The maximum absolute atomic E-state index is 12.5. The Morgan fingerprint density at radius 1 is 1.30 bits per heavy atom. The molecule has 112 valence electrons. The number of nitrogens with one attached hydrogen (secondary N) is 2. The molecule has 1 aromatic heterocycles. The quantitative estimate of drug-likeness (QED) is 0.883. The molecule has 0 aromatic carbocycles. The van der Waals surface area contributed by atoms with Crippen molar-refractivity contribution < 1.29 is 8.42 Å². The summed E-state index contributed by atoms with van der Waals surface area (Å²) in [5.41, 5.74) is 0. The van der Waals surface area contributed by atoms with Crippen LogP contribution in [0.2, 0.25) is 0 Å². The molecule has 0 aliphatic carbocycles. The van der Waals surface area contributed by atoms with E-state index in [9.17, 15) is 8.42 Å². The summed E-state index contributed by atoms with van der Waals surface area (Å²) in [4.78, 5) is 6.97. The molecule has 0 amide bonds. The minimum atomic E-state index is -3.56. The van der Waals surface area contributed by atoms with Crippen LogP contribution in [0.5, 0.6) is 0 Å². The van der Waals surface area contributed by atoms with Crippen molar-refractivity contribution in [1.82, 2.24) is 14.8 Å². The van der Waals surface area contributed by atoms with Gasteiger partial charge in [-0.05, 0) is 32.8 Å². The predicted octanol–water partition coefficient (Wildman–Crippen LogP) is 1.58. The lowest BCUT2D eigenvalue weighted by atomic mass is 10.0. The van der Waals surface area contributed by atoms with Gasteiger partial charge in [0.1, 0.15) is 5.82 Å². The summed E-state index contributed by atoms with van der Waals surface area (Å²) in [5.74, 6) is 0.535. The van der Waals surface area contributed by atoms with Crippen molar-refractivity contribution in [3.05, 3.63) is 18.3 Å². The fourth-order valence-electron chi connectivity index (χ4n) is 2.51. The Hall–Kier alpha value is -1.18. The molecule has 1 saturated heterocycles. The highest BCUT2D eigenvalue weighted by molar-refractivity contribution is 7.89. The summed E-state index contributed by atoms with van der Waals surface area (Å²) in [6.07, 6.45) is 4.64. The number of anilines is 1. The van der Waals surface area contributed by atoms with Crippen molar-refractivity contribution in [2.75, 3.05) is 12.4 Å². The minimum Gasteiger partial charge on any atom is -0.373 e. The fraction of sp³-hybridized carbons (Fsp3) is 0.615. The zero-order valence-electron chi connectivity index (χ0n) is 12.1. The lowest BCUT2D eigenvalue weighted by molar-refractivity contribution is 0.0790. The van der Waals surface area contributed by atoms with Crippen LogP contribution in [0.15, 0.2) is 23.2 Å². The second-order valence-electron chi connectivity index (χ2n) is 5.26. The van der Waals surface area contributed by atoms with E-state index in [1.807, 2.05) is 18.9 Å². The number of rotatable bonds is 4. The number of hydrogen-bond acceptors (Lipinski definition) is 5. The van der Waals surface area contributed by atoms with Gasteiger partial charge in [-0.2, -0.15) is 0 Å². The monoisotopic (exact) mass is 298 g/mol. The van der Waals surface area contributed by atoms with E-state index in [0.29, 0.717) is 5.82 Å². The molecule has 1 aliphatic rings. The minimum absolute atomic E-state index is 0.208. The molecule has 2 heterocycles. The average molecular weight is 298 g/mol. The van der Waals surface area contributed by atoms with Crippen molar-refractivity contribution in [2.45, 2.75) is 50.1 Å². The van der Waals surface area contributed by atoms with Gasteiger partial charge in [0, 0.05) is 31.4 Å². The van der Waals surface area contributed by atoms with E-state index in [1.165, 1.54) is 18.3 Å². The van der Waals surface area contributed by atoms with Crippen LogP contribution < -0.4 is 10.1 Å². The first-order valence-corrected chi connectivity index (χ1v) is 8.37. The standard InChI is InChI=1S/C13H22N4O2S/c1-10-5-4-6-11(2)17(10)16-20(18,19)12-7-8-15-13(9-12)14-3/h7-11,16H,4-6H2,1-3H3,(H,14,15). The van der Waals surface area contributed by atoms with Crippen LogP contribution in [0.25, 0.3) is 0 Å². The number of hydrazine groups is 1. The molecule has 2 N–H and O–H groups in total. The van der Waals surface area contributed by atoms with Crippen LogP contribution in [0.4, 0.5) is 5.82 Å². The molecule has 1 fully saturated rings. The molecule has 2 rings (SSSR count). The zero-order chi connectivity index (χ0) is 14.8. The normalized spacial score (nSPS) is 24.6. The van der Waals surface area contributed by atoms with Gasteiger partial charge >= 0.3 is 0 Å². The SMILES string of the molecule is CNc1cc(S(=O)(=O)NN2C(C)CCCC2C)ccn1. The van der Waals surface area contributed by atoms with E-state index < -0.39 is 10.0 Å². The first-order valence-electron chi connectivity index (χ1n) is 6.88. The van der Waals surface area contributed by atoms with E-state index in [4.69, 9.17) is 0 Å². The molecule has 0 bridgehead atoms. The summed E-state index contributed by atoms with van der Waals surface area (Å²) >= 11 is 0. The summed E-state index contributed by atoms with van der Waals surface area (Å²) in [7, 11) is -1.85. The second kappa shape index (κ2) is 6.07.